The second-order valence-electron chi connectivity index (χ2n) is 7.95. The van der Waals surface area contributed by atoms with Gasteiger partial charge in [0.15, 0.2) is 5.82 Å². The minimum atomic E-state index is -0.354. The van der Waals surface area contributed by atoms with E-state index in [1.54, 1.807) is 6.20 Å². The van der Waals surface area contributed by atoms with E-state index in [2.05, 4.69) is 9.97 Å². The van der Waals surface area contributed by atoms with E-state index in [0.29, 0.717) is 6.54 Å². The summed E-state index contributed by atoms with van der Waals surface area (Å²) in [4.78, 5) is 28.5. The lowest BCUT2D eigenvalue weighted by molar-refractivity contribution is -0.140. The average Bonchev–Trinajstić information content (AvgIpc) is 2.99. The molecule has 1 amide bonds. The number of hydrogen-bond donors (Lipinski definition) is 0. The van der Waals surface area contributed by atoms with Gasteiger partial charge < -0.3 is 9.47 Å². The molecule has 3 rings (SSSR count). The normalized spacial score (nSPS) is 18.4. The third-order valence-corrected chi connectivity index (χ3v) is 4.64. The Morgan fingerprint density at radius 1 is 1.28 bits per heavy atom. The topological polar surface area (TPSA) is 63.9 Å². The summed E-state index contributed by atoms with van der Waals surface area (Å²) in [5.41, 5.74) is 1.42. The molecular weight excluding hydrogens is 314 g/mol. The van der Waals surface area contributed by atoms with Crippen molar-refractivity contribution >= 4 is 5.91 Å². The van der Waals surface area contributed by atoms with Gasteiger partial charge in [0.1, 0.15) is 11.5 Å². The number of hydrogen-bond acceptors (Lipinski definition) is 4. The Hall–Kier alpha value is -2.24. The van der Waals surface area contributed by atoms with E-state index in [1.165, 1.54) is 0 Å². The largest absolute Gasteiger partial charge is 0.342 e. The highest BCUT2D eigenvalue weighted by molar-refractivity contribution is 5.81. The number of piperidine rings is 1. The van der Waals surface area contributed by atoms with E-state index >= 15 is 0 Å². The smallest absolute Gasteiger partial charge is 0.227 e. The van der Waals surface area contributed by atoms with Crippen LogP contribution in [0.5, 0.6) is 0 Å². The number of nitrogens with zero attached hydrogens (tertiary/aromatic N) is 5. The van der Waals surface area contributed by atoms with Crippen LogP contribution in [-0.2, 0) is 11.8 Å². The summed E-state index contributed by atoms with van der Waals surface area (Å²) in [6, 6.07) is 1.97. The molecule has 1 aliphatic heterocycles. The molecule has 0 aliphatic carbocycles. The fraction of sp³-hybridized carbons (Fsp3) is 0.579. The van der Waals surface area contributed by atoms with Crippen LogP contribution in [0.1, 0.15) is 51.0 Å². The standard InChI is InChI=1S/C19H27N5O/c1-13-11-15(17-20-8-10-23(17)5)22-16(21-13)14-7-6-9-24(12-14)18(25)19(2,3)4/h8,10-11,14H,6-7,9,12H2,1-5H3/t14-/m0/s1. The third kappa shape index (κ3) is 3.72. The number of carbonyl (C=O) groups excluding carboxylic acids is 1. The molecule has 2 aromatic rings. The molecule has 0 spiro atoms. The van der Waals surface area contributed by atoms with Gasteiger partial charge in [-0.25, -0.2) is 15.0 Å². The summed E-state index contributed by atoms with van der Waals surface area (Å²) < 4.78 is 1.96. The fourth-order valence-electron chi connectivity index (χ4n) is 3.35. The van der Waals surface area contributed by atoms with Gasteiger partial charge in [-0.15, -0.1) is 0 Å². The fourth-order valence-corrected chi connectivity index (χ4v) is 3.35. The molecule has 1 saturated heterocycles. The quantitative estimate of drug-likeness (QED) is 0.842. The van der Waals surface area contributed by atoms with Gasteiger partial charge in [-0.05, 0) is 25.8 Å². The Kier molecular flexibility index (Phi) is 4.62. The number of likely N-dealkylation sites (tertiary alicyclic amines) is 1. The highest BCUT2D eigenvalue weighted by Crippen LogP contribution is 2.29. The summed E-state index contributed by atoms with van der Waals surface area (Å²) in [5, 5.41) is 0. The van der Waals surface area contributed by atoms with Crippen LogP contribution in [0.3, 0.4) is 0 Å². The van der Waals surface area contributed by atoms with E-state index in [-0.39, 0.29) is 17.2 Å². The SMILES string of the molecule is Cc1cc(-c2nccn2C)nc([C@H]2CCCN(C(=O)C(C)(C)C)C2)n1. The van der Waals surface area contributed by atoms with E-state index < -0.39 is 0 Å². The van der Waals surface area contributed by atoms with Crippen LogP contribution < -0.4 is 0 Å². The second-order valence-corrected chi connectivity index (χ2v) is 7.95. The van der Waals surface area contributed by atoms with Crippen molar-refractivity contribution in [3.05, 3.63) is 30.0 Å². The maximum absolute atomic E-state index is 12.6. The Morgan fingerprint density at radius 3 is 2.68 bits per heavy atom. The van der Waals surface area contributed by atoms with Crippen molar-refractivity contribution in [3.63, 3.8) is 0 Å². The molecule has 134 valence electrons. The van der Waals surface area contributed by atoms with Crippen LogP contribution in [0.4, 0.5) is 0 Å². The predicted octanol–water partition coefficient (Wildman–Crippen LogP) is 2.94. The number of rotatable bonds is 2. The molecule has 0 bridgehead atoms. The summed E-state index contributed by atoms with van der Waals surface area (Å²) in [5.74, 6) is 2.04. The summed E-state index contributed by atoms with van der Waals surface area (Å²) in [7, 11) is 1.96. The number of imidazole rings is 1. The first kappa shape index (κ1) is 17.6. The monoisotopic (exact) mass is 341 g/mol. The van der Waals surface area contributed by atoms with Crippen molar-refractivity contribution in [2.24, 2.45) is 12.5 Å². The van der Waals surface area contributed by atoms with Gasteiger partial charge in [-0.3, -0.25) is 4.79 Å². The zero-order valence-electron chi connectivity index (χ0n) is 15.8. The molecular formula is C19H27N5O. The van der Waals surface area contributed by atoms with Gasteiger partial charge in [0.05, 0.1) is 0 Å². The molecule has 1 aliphatic rings. The second kappa shape index (κ2) is 6.58. The van der Waals surface area contributed by atoms with Crippen molar-refractivity contribution in [1.29, 1.82) is 0 Å². The lowest BCUT2D eigenvalue weighted by atomic mass is 9.91. The molecule has 3 heterocycles. The van der Waals surface area contributed by atoms with Crippen molar-refractivity contribution in [1.82, 2.24) is 24.4 Å². The summed E-state index contributed by atoms with van der Waals surface area (Å²) >= 11 is 0. The molecule has 6 nitrogen and oxygen atoms in total. The van der Waals surface area contributed by atoms with E-state index in [9.17, 15) is 4.79 Å². The lowest BCUT2D eigenvalue weighted by Gasteiger charge is -2.36. The molecule has 0 aromatic carbocycles. The molecule has 0 N–H and O–H groups in total. The van der Waals surface area contributed by atoms with Crippen LogP contribution in [0.15, 0.2) is 18.5 Å². The van der Waals surface area contributed by atoms with E-state index in [0.717, 1.165) is 42.4 Å². The molecule has 0 unspecified atom stereocenters. The zero-order valence-corrected chi connectivity index (χ0v) is 15.8. The minimum Gasteiger partial charge on any atom is -0.342 e. The number of aromatic nitrogens is 4. The maximum atomic E-state index is 12.6. The Bertz CT molecular complexity index is 774. The number of carbonyl (C=O) groups is 1. The summed E-state index contributed by atoms with van der Waals surface area (Å²) in [6.45, 7) is 9.42. The van der Waals surface area contributed by atoms with Crippen molar-refractivity contribution in [2.45, 2.75) is 46.5 Å². The number of aryl methyl sites for hydroxylation is 2. The Morgan fingerprint density at radius 2 is 2.04 bits per heavy atom. The molecule has 1 fully saturated rings. The minimum absolute atomic E-state index is 0.180. The first-order valence-corrected chi connectivity index (χ1v) is 8.88. The molecule has 0 radical (unpaired) electrons. The Balaban J connectivity index is 1.88. The molecule has 2 aromatic heterocycles. The predicted molar refractivity (Wildman–Crippen MR) is 97.0 cm³/mol. The van der Waals surface area contributed by atoms with Crippen LogP contribution in [0.25, 0.3) is 11.5 Å². The van der Waals surface area contributed by atoms with Gasteiger partial charge in [0, 0.05) is 49.6 Å². The van der Waals surface area contributed by atoms with E-state index in [4.69, 9.17) is 4.98 Å². The maximum Gasteiger partial charge on any atom is 0.227 e. The summed E-state index contributed by atoms with van der Waals surface area (Å²) in [6.07, 6.45) is 5.69. The molecule has 1 atom stereocenters. The molecule has 25 heavy (non-hydrogen) atoms. The highest BCUT2D eigenvalue weighted by atomic mass is 16.2. The number of amides is 1. The molecule has 0 saturated carbocycles. The van der Waals surface area contributed by atoms with Gasteiger partial charge in [-0.1, -0.05) is 20.8 Å². The average molecular weight is 341 g/mol. The van der Waals surface area contributed by atoms with Gasteiger partial charge >= 0.3 is 0 Å². The van der Waals surface area contributed by atoms with Crippen LogP contribution in [0, 0.1) is 12.3 Å². The van der Waals surface area contributed by atoms with E-state index in [1.807, 2.05) is 56.5 Å². The molecule has 6 heteroatoms. The van der Waals surface area contributed by atoms with Crippen molar-refractivity contribution in [2.75, 3.05) is 13.1 Å². The van der Waals surface area contributed by atoms with Crippen LogP contribution >= 0.6 is 0 Å². The Labute approximate surface area is 149 Å². The highest BCUT2D eigenvalue weighted by Gasteiger charge is 2.32. The van der Waals surface area contributed by atoms with Gasteiger partial charge in [0.2, 0.25) is 5.91 Å². The first-order chi connectivity index (χ1) is 11.8. The van der Waals surface area contributed by atoms with Crippen LogP contribution in [-0.4, -0.2) is 43.4 Å². The van der Waals surface area contributed by atoms with Gasteiger partial charge in [0.25, 0.3) is 0 Å². The zero-order chi connectivity index (χ0) is 18.2. The third-order valence-electron chi connectivity index (χ3n) is 4.64. The lowest BCUT2D eigenvalue weighted by Crippen LogP contribution is -2.44. The van der Waals surface area contributed by atoms with Crippen molar-refractivity contribution in [3.8, 4) is 11.5 Å². The van der Waals surface area contributed by atoms with Gasteiger partial charge in [-0.2, -0.15) is 0 Å². The van der Waals surface area contributed by atoms with Crippen LogP contribution in [0.2, 0.25) is 0 Å². The first-order valence-electron chi connectivity index (χ1n) is 8.88. The van der Waals surface area contributed by atoms with Crippen molar-refractivity contribution < 1.29 is 4.79 Å².